The Hall–Kier alpha value is -2.38. The number of rotatable bonds is 5. The molecule has 1 fully saturated rings. The molecule has 0 spiro atoms. The average Bonchev–Trinajstić information content (AvgIpc) is 2.94. The fourth-order valence-corrected chi connectivity index (χ4v) is 3.37. The van der Waals surface area contributed by atoms with Crippen molar-refractivity contribution in [3.8, 4) is 0 Å². The minimum Gasteiger partial charge on any atom is -0.399 e. The second-order valence-electron chi connectivity index (χ2n) is 8.17. The number of hydrogen-bond acceptors (Lipinski definition) is 8. The first-order valence-corrected chi connectivity index (χ1v) is 10.4. The van der Waals surface area contributed by atoms with Crippen LogP contribution in [0.1, 0.15) is 38.8 Å². The molecular formula is C20H24BBrN2O8. The Balaban J connectivity index is 0.000000258. The molecule has 2 aromatic rings. The monoisotopic (exact) mass is 510 g/mol. The molecule has 2 aromatic carbocycles. The highest BCUT2D eigenvalue weighted by Crippen LogP contribution is 2.36. The quantitative estimate of drug-likeness (QED) is 0.354. The van der Waals surface area contributed by atoms with Crippen LogP contribution < -0.4 is 5.46 Å². The lowest BCUT2D eigenvalue weighted by molar-refractivity contribution is -0.385. The van der Waals surface area contributed by atoms with Crippen LogP contribution >= 0.6 is 15.9 Å². The molecule has 0 radical (unpaired) electrons. The summed E-state index contributed by atoms with van der Waals surface area (Å²) in [6, 6.07) is 8.78. The molecule has 0 saturated carbocycles. The van der Waals surface area contributed by atoms with Crippen LogP contribution in [0.5, 0.6) is 0 Å². The molecule has 2 N–H and O–H groups in total. The summed E-state index contributed by atoms with van der Waals surface area (Å²) in [4.78, 5) is 20.3. The first kappa shape index (κ1) is 25.9. The molecule has 32 heavy (non-hydrogen) atoms. The van der Waals surface area contributed by atoms with Crippen LogP contribution in [-0.2, 0) is 22.5 Å². The zero-order valence-corrected chi connectivity index (χ0v) is 19.7. The van der Waals surface area contributed by atoms with Gasteiger partial charge in [0.05, 0.1) is 34.3 Å². The van der Waals surface area contributed by atoms with Crippen molar-refractivity contribution in [1.29, 1.82) is 0 Å². The minimum absolute atomic E-state index is 0.0200. The Morgan fingerprint density at radius 3 is 1.72 bits per heavy atom. The van der Waals surface area contributed by atoms with E-state index in [-0.39, 0.29) is 24.6 Å². The van der Waals surface area contributed by atoms with Crippen molar-refractivity contribution in [3.05, 3.63) is 72.2 Å². The van der Waals surface area contributed by atoms with E-state index in [1.54, 1.807) is 12.1 Å². The summed E-state index contributed by atoms with van der Waals surface area (Å²) < 4.78 is 12.3. The van der Waals surface area contributed by atoms with E-state index in [1.165, 1.54) is 24.3 Å². The Labute approximate surface area is 193 Å². The van der Waals surface area contributed by atoms with E-state index in [2.05, 4.69) is 15.9 Å². The highest BCUT2D eigenvalue weighted by Gasteiger charge is 2.52. The number of aliphatic hydroxyl groups is 2. The molecule has 0 atom stereocenters. The maximum atomic E-state index is 10.9. The van der Waals surface area contributed by atoms with Gasteiger partial charge in [-0.1, -0.05) is 22.0 Å². The zero-order chi connectivity index (χ0) is 24.3. The normalized spacial score (nSPS) is 16.3. The lowest BCUT2D eigenvalue weighted by atomic mass is 9.78. The van der Waals surface area contributed by atoms with Crippen LogP contribution in [-0.4, -0.2) is 38.4 Å². The molecule has 1 heterocycles. The average molecular weight is 511 g/mol. The maximum absolute atomic E-state index is 10.9. The molecule has 0 bridgehead atoms. The highest BCUT2D eigenvalue weighted by atomic mass is 79.9. The van der Waals surface area contributed by atoms with Gasteiger partial charge in [0.25, 0.3) is 11.4 Å². The Morgan fingerprint density at radius 1 is 0.844 bits per heavy atom. The van der Waals surface area contributed by atoms with Crippen molar-refractivity contribution in [2.24, 2.45) is 0 Å². The lowest BCUT2D eigenvalue weighted by Crippen LogP contribution is -2.41. The predicted molar refractivity (Wildman–Crippen MR) is 121 cm³/mol. The van der Waals surface area contributed by atoms with Gasteiger partial charge in [0.1, 0.15) is 0 Å². The van der Waals surface area contributed by atoms with E-state index >= 15 is 0 Å². The van der Waals surface area contributed by atoms with Crippen LogP contribution in [0, 0.1) is 20.2 Å². The van der Waals surface area contributed by atoms with Gasteiger partial charge in [-0.25, -0.2) is 0 Å². The van der Waals surface area contributed by atoms with E-state index < -0.39 is 28.2 Å². The third kappa shape index (κ3) is 6.11. The van der Waals surface area contributed by atoms with Crippen LogP contribution in [0.4, 0.5) is 11.4 Å². The van der Waals surface area contributed by atoms with Crippen molar-refractivity contribution in [3.63, 3.8) is 0 Å². The maximum Gasteiger partial charge on any atom is 0.495 e. The molecule has 0 amide bonds. The largest absolute Gasteiger partial charge is 0.495 e. The summed E-state index contributed by atoms with van der Waals surface area (Å²) in [6.45, 7) is 7.19. The van der Waals surface area contributed by atoms with Crippen LogP contribution in [0.3, 0.4) is 0 Å². The number of nitro groups is 2. The lowest BCUT2D eigenvalue weighted by Gasteiger charge is -2.32. The molecule has 1 aliphatic heterocycles. The van der Waals surface area contributed by atoms with Gasteiger partial charge < -0.3 is 19.5 Å². The van der Waals surface area contributed by atoms with Gasteiger partial charge in [0.2, 0.25) is 0 Å². The third-order valence-corrected chi connectivity index (χ3v) is 5.71. The molecule has 0 unspecified atom stereocenters. The molecule has 1 aliphatic rings. The molecule has 172 valence electrons. The first-order chi connectivity index (χ1) is 14.8. The number of aliphatic hydroxyl groups excluding tert-OH is 2. The molecule has 3 rings (SSSR count). The number of nitro benzene ring substituents is 2. The molecule has 10 nitrogen and oxygen atoms in total. The van der Waals surface area contributed by atoms with E-state index in [9.17, 15) is 25.3 Å². The Kier molecular flexibility index (Phi) is 8.13. The fourth-order valence-electron chi connectivity index (χ4n) is 2.84. The van der Waals surface area contributed by atoms with Gasteiger partial charge >= 0.3 is 7.12 Å². The highest BCUT2D eigenvalue weighted by molar-refractivity contribution is 9.10. The standard InChI is InChI=1S/C13H18BNO5.C7H6BrNO3/c1-12(2)13(3,4)20-14(19-12)10-5-9(8-16)6-11(7-10)15(17)18;8-6-1-5(4-10)2-7(3-6)9(11)12/h5-7,16H,8H2,1-4H3;1-3,10H,4H2. The third-order valence-electron chi connectivity index (χ3n) is 5.25. The minimum atomic E-state index is -0.676. The molecular weight excluding hydrogens is 487 g/mol. The molecule has 0 aliphatic carbocycles. The number of nitrogens with zero attached hydrogens (tertiary/aromatic N) is 2. The van der Waals surface area contributed by atoms with Gasteiger partial charge in [0, 0.05) is 28.7 Å². The predicted octanol–water partition coefficient (Wildman–Crippen LogP) is 3.24. The summed E-state index contributed by atoms with van der Waals surface area (Å²) in [6.07, 6.45) is 0. The van der Waals surface area contributed by atoms with Gasteiger partial charge in [0.15, 0.2) is 0 Å². The zero-order valence-electron chi connectivity index (χ0n) is 18.1. The van der Waals surface area contributed by atoms with Crippen molar-refractivity contribution in [2.45, 2.75) is 52.1 Å². The summed E-state index contributed by atoms with van der Waals surface area (Å²) in [7, 11) is -0.676. The summed E-state index contributed by atoms with van der Waals surface area (Å²) >= 11 is 3.11. The van der Waals surface area contributed by atoms with E-state index in [4.69, 9.17) is 14.4 Å². The van der Waals surface area contributed by atoms with Crippen molar-refractivity contribution in [1.82, 2.24) is 0 Å². The van der Waals surface area contributed by atoms with Crippen molar-refractivity contribution >= 4 is 39.9 Å². The second kappa shape index (κ2) is 10.0. The molecule has 1 saturated heterocycles. The first-order valence-electron chi connectivity index (χ1n) is 9.59. The second-order valence-corrected chi connectivity index (χ2v) is 9.08. The summed E-state index contributed by atoms with van der Waals surface area (Å²) in [5.74, 6) is 0. The molecule has 0 aromatic heterocycles. The topological polar surface area (TPSA) is 145 Å². The van der Waals surface area contributed by atoms with Crippen LogP contribution in [0.2, 0.25) is 0 Å². The number of benzene rings is 2. The molecule has 12 heteroatoms. The van der Waals surface area contributed by atoms with Gasteiger partial charge in [-0.05, 0) is 50.4 Å². The van der Waals surface area contributed by atoms with Crippen LogP contribution in [0.15, 0.2) is 40.9 Å². The van der Waals surface area contributed by atoms with E-state index in [0.29, 0.717) is 21.1 Å². The fraction of sp³-hybridized carbons (Fsp3) is 0.400. The van der Waals surface area contributed by atoms with Crippen LogP contribution in [0.25, 0.3) is 0 Å². The SMILES string of the molecule is CC1(C)OB(c2cc(CO)cc([N+](=O)[O-])c2)OC1(C)C.O=[N+]([O-])c1cc(Br)cc(CO)c1. The van der Waals surface area contributed by atoms with E-state index in [0.717, 1.165) is 0 Å². The van der Waals surface area contributed by atoms with Gasteiger partial charge in [-0.3, -0.25) is 20.2 Å². The summed E-state index contributed by atoms with van der Waals surface area (Å²) in [5, 5.41) is 39.2. The van der Waals surface area contributed by atoms with Crippen molar-refractivity contribution in [2.75, 3.05) is 0 Å². The Bertz CT molecular complexity index is 999. The van der Waals surface area contributed by atoms with E-state index in [1.807, 2.05) is 27.7 Å². The Morgan fingerprint density at radius 2 is 1.28 bits per heavy atom. The van der Waals surface area contributed by atoms with Crippen molar-refractivity contribution < 1.29 is 29.4 Å². The summed E-state index contributed by atoms with van der Waals surface area (Å²) in [5.41, 5.74) is 0.403. The number of hydrogen-bond donors (Lipinski definition) is 2. The van der Waals surface area contributed by atoms with Gasteiger partial charge in [-0.2, -0.15) is 0 Å². The van der Waals surface area contributed by atoms with Gasteiger partial charge in [-0.15, -0.1) is 0 Å². The number of halogens is 1. The smallest absolute Gasteiger partial charge is 0.399 e. The number of non-ortho nitro benzene ring substituents is 2.